The number of benzene rings is 2. The number of carbonyl (C=O) groups is 1. The molecule has 2 aromatic carbocycles. The molecule has 2 aromatic rings. The van der Waals surface area contributed by atoms with Gasteiger partial charge in [0.05, 0.1) is 4.92 Å². The monoisotopic (exact) mass is 672 g/mol. The summed E-state index contributed by atoms with van der Waals surface area (Å²) in [6, 6.07) is 4.17. The summed E-state index contributed by atoms with van der Waals surface area (Å²) in [5, 5.41) is 1.68. The molecule has 0 unspecified atom stereocenters. The third-order valence-corrected chi connectivity index (χ3v) is 6.54. The second-order valence-electron chi connectivity index (χ2n) is 7.63. The maximum absolute atomic E-state index is 13.6. The topological polar surface area (TPSA) is 81.5 Å². The molecule has 42 heavy (non-hydrogen) atoms. The number of halogens is 14. The van der Waals surface area contributed by atoms with Gasteiger partial charge in [0.1, 0.15) is 0 Å². The molecule has 0 aromatic heterocycles. The Morgan fingerprint density at radius 1 is 0.762 bits per heavy atom. The Labute approximate surface area is 231 Å². The van der Waals surface area contributed by atoms with Gasteiger partial charge in [0.15, 0.2) is 12.4 Å². The molecule has 0 aliphatic carbocycles. The van der Waals surface area contributed by atoms with E-state index in [9.17, 15) is 76.4 Å². The van der Waals surface area contributed by atoms with Gasteiger partial charge in [0.2, 0.25) is 0 Å². The minimum atomic E-state index is -6.67. The zero-order valence-electron chi connectivity index (χ0n) is 19.4. The van der Waals surface area contributed by atoms with E-state index in [0.717, 1.165) is 12.1 Å². The van der Waals surface area contributed by atoms with Gasteiger partial charge in [-0.2, -0.15) is 61.5 Å². The second kappa shape index (κ2) is 11.8. The average Bonchev–Trinajstić information content (AvgIpc) is 2.81. The van der Waals surface area contributed by atoms with Crippen LogP contribution in [0.25, 0.3) is 0 Å². The van der Waals surface area contributed by atoms with Crippen LogP contribution >= 0.6 is 23.5 Å². The van der Waals surface area contributed by atoms with Crippen LogP contribution in [0.3, 0.4) is 0 Å². The van der Waals surface area contributed by atoms with Gasteiger partial charge in [0, 0.05) is 21.5 Å². The summed E-state index contributed by atoms with van der Waals surface area (Å²) < 4.78 is 186. The quantitative estimate of drug-likeness (QED) is 0.112. The molecule has 6 nitrogen and oxygen atoms in total. The fraction of sp³-hybridized carbons (Fsp3) is 0.350. The van der Waals surface area contributed by atoms with Gasteiger partial charge in [-0.1, -0.05) is 6.07 Å². The Morgan fingerprint density at radius 2 is 1.24 bits per heavy atom. The van der Waals surface area contributed by atoms with E-state index in [1.807, 2.05) is 5.32 Å². The zero-order valence-corrected chi connectivity index (χ0v) is 21.1. The normalized spacial score (nSPS) is 13.6. The highest BCUT2D eigenvalue weighted by atomic mass is 32.2. The van der Waals surface area contributed by atoms with Crippen LogP contribution < -0.4 is 10.1 Å². The number of nitrogens with one attached hydrogen (secondary N) is 1. The van der Waals surface area contributed by atoms with Crippen LogP contribution in [0, 0.1) is 10.1 Å². The van der Waals surface area contributed by atoms with Crippen molar-refractivity contribution in [3.05, 3.63) is 52.6 Å². The van der Waals surface area contributed by atoms with Crippen molar-refractivity contribution in [2.24, 2.45) is 0 Å². The molecule has 0 aliphatic rings. The minimum Gasteiger partial charge on any atom is -0.477 e. The number of carbonyl (C=O) groups excluding carboxylic acids is 1. The second-order valence-corrected chi connectivity index (χ2v) is 10.0. The molecule has 234 valence electrons. The highest BCUT2D eigenvalue weighted by molar-refractivity contribution is 8.00. The van der Waals surface area contributed by atoms with E-state index in [4.69, 9.17) is 4.74 Å². The number of nitrogens with zero attached hydrogens (tertiary/aromatic N) is 1. The van der Waals surface area contributed by atoms with E-state index in [2.05, 4.69) is 0 Å². The van der Waals surface area contributed by atoms with Crippen LogP contribution in [0.5, 0.6) is 5.75 Å². The van der Waals surface area contributed by atoms with Gasteiger partial charge in [-0.25, -0.2) is 0 Å². The van der Waals surface area contributed by atoms with Gasteiger partial charge >= 0.3 is 40.4 Å². The fourth-order valence-corrected chi connectivity index (χ4v) is 4.28. The number of hydrogen-bond acceptors (Lipinski definition) is 6. The van der Waals surface area contributed by atoms with E-state index in [-0.39, 0.29) is 6.07 Å². The molecule has 0 bridgehead atoms. The molecular formula is C20H10F14N2O4S2. The summed E-state index contributed by atoms with van der Waals surface area (Å²) in [6.07, 6.45) is -13.3. The number of nitro groups is 1. The third kappa shape index (κ3) is 7.61. The van der Waals surface area contributed by atoms with E-state index >= 15 is 0 Å². The lowest BCUT2D eigenvalue weighted by Crippen LogP contribution is -2.49. The van der Waals surface area contributed by atoms with Crippen LogP contribution in [-0.4, -0.2) is 52.1 Å². The molecule has 0 saturated heterocycles. The van der Waals surface area contributed by atoms with Gasteiger partial charge in [0.25, 0.3) is 5.91 Å². The lowest BCUT2D eigenvalue weighted by atomic mass is 10.3. The largest absolute Gasteiger partial charge is 0.477 e. The van der Waals surface area contributed by atoms with E-state index in [1.165, 1.54) is 0 Å². The van der Waals surface area contributed by atoms with Crippen LogP contribution in [0.15, 0.2) is 52.3 Å². The Balaban J connectivity index is 2.14. The number of hydrogen-bond donors (Lipinski definition) is 1. The highest BCUT2D eigenvalue weighted by Crippen LogP contribution is 2.55. The molecule has 0 spiro atoms. The Bertz CT molecular complexity index is 1320. The predicted molar refractivity (Wildman–Crippen MR) is 117 cm³/mol. The van der Waals surface area contributed by atoms with Crippen molar-refractivity contribution in [1.29, 1.82) is 0 Å². The van der Waals surface area contributed by atoms with Crippen molar-refractivity contribution in [2.75, 3.05) is 11.9 Å². The highest BCUT2D eigenvalue weighted by Gasteiger charge is 2.74. The van der Waals surface area contributed by atoms with Crippen LogP contribution in [0.1, 0.15) is 0 Å². The van der Waals surface area contributed by atoms with E-state index in [1.54, 1.807) is 0 Å². The van der Waals surface area contributed by atoms with Crippen LogP contribution in [-0.2, 0) is 4.79 Å². The number of ether oxygens (including phenoxy) is 1. The minimum absolute atomic E-state index is 0.149. The lowest BCUT2D eigenvalue weighted by Gasteiger charge is -2.27. The maximum Gasteiger partial charge on any atom is 0.460 e. The molecule has 2 rings (SSSR count). The molecule has 0 atom stereocenters. The van der Waals surface area contributed by atoms with Gasteiger partial charge < -0.3 is 10.1 Å². The van der Waals surface area contributed by atoms with Crippen molar-refractivity contribution < 1.29 is 75.9 Å². The van der Waals surface area contributed by atoms with E-state index < -0.39 is 103 Å². The number of rotatable bonds is 11. The number of thioether (sulfide) groups is 2. The first-order valence-electron chi connectivity index (χ1n) is 10.2. The number of amides is 1. The number of nitro benzene ring substituents is 1. The molecule has 0 aliphatic heterocycles. The standard InChI is InChI=1S/C20H10F14N2O4S2/c21-15(22,17(25,26)27)19(31,32)41-10-3-1-2-9(6-10)35-14(37)8-40-13-5-4-11(7-12(13)36(38)39)42-20(33,34)16(23,24)18(28,29)30/h1-7H,8H2,(H,35,37). The average molecular weight is 672 g/mol. The first kappa shape index (κ1) is 35.0. The van der Waals surface area contributed by atoms with Gasteiger partial charge in [-0.05, 0) is 53.9 Å². The molecule has 1 N–H and O–H groups in total. The molecule has 0 saturated carbocycles. The van der Waals surface area contributed by atoms with Crippen molar-refractivity contribution in [1.82, 2.24) is 0 Å². The van der Waals surface area contributed by atoms with Crippen molar-refractivity contribution >= 4 is 40.8 Å². The first-order valence-corrected chi connectivity index (χ1v) is 11.8. The lowest BCUT2D eigenvalue weighted by molar-refractivity contribution is -0.386. The third-order valence-electron chi connectivity index (χ3n) is 4.54. The summed E-state index contributed by atoms with van der Waals surface area (Å²) in [5.41, 5.74) is -1.71. The smallest absolute Gasteiger partial charge is 0.460 e. The SMILES string of the molecule is O=C(COc1ccc(SC(F)(F)C(F)(F)C(F)(F)F)cc1[N+](=O)[O-])Nc1cccc(SC(F)(F)C(F)(F)C(F)(F)F)c1. The molecule has 0 radical (unpaired) electrons. The van der Waals surface area contributed by atoms with Crippen LogP contribution in [0.4, 0.5) is 72.8 Å². The summed E-state index contributed by atoms with van der Waals surface area (Å²) in [4.78, 5) is 20.0. The van der Waals surface area contributed by atoms with Gasteiger partial charge in [-0.3, -0.25) is 14.9 Å². The number of anilines is 1. The molecule has 0 fully saturated rings. The zero-order chi connectivity index (χ0) is 32.5. The summed E-state index contributed by atoms with van der Waals surface area (Å²) >= 11 is -2.53. The summed E-state index contributed by atoms with van der Waals surface area (Å²) in [6.45, 7) is -1.17. The van der Waals surface area contributed by atoms with Crippen LogP contribution in [0.2, 0.25) is 0 Å². The Kier molecular flexibility index (Phi) is 9.88. The van der Waals surface area contributed by atoms with Gasteiger partial charge in [-0.15, -0.1) is 0 Å². The molecule has 22 heteroatoms. The fourth-order valence-electron chi connectivity index (χ4n) is 2.56. The Morgan fingerprint density at radius 3 is 1.69 bits per heavy atom. The maximum atomic E-state index is 13.6. The number of alkyl halides is 14. The molecule has 1 amide bonds. The summed E-state index contributed by atoms with van der Waals surface area (Å²) in [7, 11) is 0. The van der Waals surface area contributed by atoms with Crippen molar-refractivity contribution in [2.45, 2.75) is 44.5 Å². The van der Waals surface area contributed by atoms with E-state index in [0.29, 0.717) is 24.3 Å². The summed E-state index contributed by atoms with van der Waals surface area (Å²) in [5.74, 6) is -15.1. The predicted octanol–water partition coefficient (Wildman–Crippen LogP) is 8.38. The first-order chi connectivity index (χ1) is 18.8. The molecular weight excluding hydrogens is 662 g/mol. The van der Waals surface area contributed by atoms with Crippen molar-refractivity contribution in [3.63, 3.8) is 0 Å². The Hall–Kier alpha value is -3.17. The van der Waals surface area contributed by atoms with Crippen molar-refractivity contribution in [3.8, 4) is 5.75 Å². The molecule has 0 heterocycles.